The van der Waals surface area contributed by atoms with Crippen LogP contribution in [0.2, 0.25) is 0 Å². The molecular weight excluding hydrogens is 419 g/mol. The number of carbonyl (C=O) groups is 1. The molecule has 33 heavy (non-hydrogen) atoms. The average molecular weight is 438 g/mol. The molecule has 0 aliphatic carbocycles. The van der Waals surface area contributed by atoms with Crippen LogP contribution in [0.3, 0.4) is 0 Å². The number of hydrogen-bond donors (Lipinski definition) is 1. The van der Waals surface area contributed by atoms with E-state index in [1.165, 1.54) is 28.8 Å². The lowest BCUT2D eigenvalue weighted by Crippen LogP contribution is -2.17. The number of carbonyl (C=O) groups excluding carboxylic acids is 1. The summed E-state index contributed by atoms with van der Waals surface area (Å²) in [6.07, 6.45) is 0. The third-order valence-electron chi connectivity index (χ3n) is 5.20. The van der Waals surface area contributed by atoms with E-state index in [1.54, 1.807) is 13.2 Å². The predicted molar refractivity (Wildman–Crippen MR) is 125 cm³/mol. The molecule has 5 rings (SSSR count). The molecule has 0 atom stereocenters. The molecule has 0 unspecified atom stereocenters. The van der Waals surface area contributed by atoms with Gasteiger partial charge in [-0.05, 0) is 42.5 Å². The van der Waals surface area contributed by atoms with Gasteiger partial charge in [0.1, 0.15) is 17.3 Å². The molecule has 0 aliphatic heterocycles. The SMILES string of the molecule is COc1cccc(-c2cc(C(=O)Nc3ccc(F)cc3)n3nc(-c4ccccc4)cc3n2)c1. The molecule has 1 amide bonds. The van der Waals surface area contributed by atoms with Crippen molar-refractivity contribution >= 4 is 17.2 Å². The first-order chi connectivity index (χ1) is 16.1. The van der Waals surface area contributed by atoms with E-state index in [9.17, 15) is 9.18 Å². The number of fused-ring (bicyclic) bond motifs is 1. The third-order valence-corrected chi connectivity index (χ3v) is 5.20. The Morgan fingerprint density at radius 2 is 1.64 bits per heavy atom. The highest BCUT2D eigenvalue weighted by molar-refractivity contribution is 6.04. The summed E-state index contributed by atoms with van der Waals surface area (Å²) in [7, 11) is 1.60. The molecule has 0 saturated heterocycles. The third kappa shape index (κ3) is 4.16. The van der Waals surface area contributed by atoms with E-state index >= 15 is 0 Å². The summed E-state index contributed by atoms with van der Waals surface area (Å²) in [5, 5.41) is 7.45. The number of amides is 1. The van der Waals surface area contributed by atoms with Gasteiger partial charge in [-0.15, -0.1) is 0 Å². The Balaban J connectivity index is 1.64. The Kier molecular flexibility index (Phi) is 5.28. The van der Waals surface area contributed by atoms with Gasteiger partial charge in [0.2, 0.25) is 0 Å². The van der Waals surface area contributed by atoms with Crippen LogP contribution < -0.4 is 10.1 Å². The van der Waals surface area contributed by atoms with Gasteiger partial charge in [-0.25, -0.2) is 13.9 Å². The number of methoxy groups -OCH3 is 1. The fourth-order valence-electron chi connectivity index (χ4n) is 3.54. The minimum Gasteiger partial charge on any atom is -0.497 e. The number of anilines is 1. The molecule has 2 heterocycles. The van der Waals surface area contributed by atoms with Gasteiger partial charge in [0, 0.05) is 22.9 Å². The van der Waals surface area contributed by atoms with E-state index in [0.717, 1.165) is 11.1 Å². The fourth-order valence-corrected chi connectivity index (χ4v) is 3.54. The second-order valence-corrected chi connectivity index (χ2v) is 7.39. The number of nitrogens with one attached hydrogen (secondary N) is 1. The summed E-state index contributed by atoms with van der Waals surface area (Å²) in [4.78, 5) is 18.0. The largest absolute Gasteiger partial charge is 0.497 e. The van der Waals surface area contributed by atoms with Crippen molar-refractivity contribution in [1.82, 2.24) is 14.6 Å². The van der Waals surface area contributed by atoms with E-state index < -0.39 is 0 Å². The highest BCUT2D eigenvalue weighted by Crippen LogP contribution is 2.26. The zero-order chi connectivity index (χ0) is 22.8. The normalized spacial score (nSPS) is 10.8. The van der Waals surface area contributed by atoms with Crippen LogP contribution in [0.4, 0.5) is 10.1 Å². The molecule has 7 heteroatoms. The van der Waals surface area contributed by atoms with Crippen LogP contribution in [0.15, 0.2) is 91.0 Å². The molecule has 5 aromatic rings. The minimum atomic E-state index is -0.388. The van der Waals surface area contributed by atoms with Gasteiger partial charge in [-0.1, -0.05) is 42.5 Å². The molecule has 0 bridgehead atoms. The second kappa shape index (κ2) is 8.55. The lowest BCUT2D eigenvalue weighted by atomic mass is 10.1. The Morgan fingerprint density at radius 3 is 2.39 bits per heavy atom. The smallest absolute Gasteiger partial charge is 0.274 e. The van der Waals surface area contributed by atoms with E-state index in [2.05, 4.69) is 10.4 Å². The molecule has 3 aromatic carbocycles. The van der Waals surface area contributed by atoms with E-state index in [0.29, 0.717) is 34.2 Å². The Bertz CT molecular complexity index is 1450. The first-order valence-electron chi connectivity index (χ1n) is 10.3. The second-order valence-electron chi connectivity index (χ2n) is 7.39. The van der Waals surface area contributed by atoms with Crippen LogP contribution in [-0.2, 0) is 0 Å². The van der Waals surface area contributed by atoms with Crippen molar-refractivity contribution in [2.75, 3.05) is 12.4 Å². The van der Waals surface area contributed by atoms with Crippen molar-refractivity contribution in [2.24, 2.45) is 0 Å². The molecule has 162 valence electrons. The maximum atomic E-state index is 13.3. The zero-order valence-corrected chi connectivity index (χ0v) is 17.7. The number of hydrogen-bond acceptors (Lipinski definition) is 4. The fraction of sp³-hybridized carbons (Fsp3) is 0.0385. The number of nitrogens with zero attached hydrogens (tertiary/aromatic N) is 3. The summed E-state index contributed by atoms with van der Waals surface area (Å²) in [5.41, 5.74) is 4.31. The van der Waals surface area contributed by atoms with Gasteiger partial charge in [0.05, 0.1) is 18.5 Å². The van der Waals surface area contributed by atoms with Crippen LogP contribution in [0, 0.1) is 5.82 Å². The van der Waals surface area contributed by atoms with Gasteiger partial charge >= 0.3 is 0 Å². The van der Waals surface area contributed by atoms with Crippen molar-refractivity contribution in [1.29, 1.82) is 0 Å². The predicted octanol–water partition coefficient (Wildman–Crippen LogP) is 5.46. The molecule has 0 aliphatic rings. The maximum Gasteiger partial charge on any atom is 0.274 e. The van der Waals surface area contributed by atoms with Gasteiger partial charge in [-0.2, -0.15) is 5.10 Å². The molecule has 2 aromatic heterocycles. The van der Waals surface area contributed by atoms with E-state index in [1.807, 2.05) is 60.7 Å². The highest BCUT2D eigenvalue weighted by Gasteiger charge is 2.18. The van der Waals surface area contributed by atoms with Crippen LogP contribution in [0.1, 0.15) is 10.5 Å². The van der Waals surface area contributed by atoms with Gasteiger partial charge < -0.3 is 10.1 Å². The molecular formula is C26H19FN4O2. The Morgan fingerprint density at radius 1 is 0.879 bits per heavy atom. The molecule has 6 nitrogen and oxygen atoms in total. The topological polar surface area (TPSA) is 68.5 Å². The number of rotatable bonds is 5. The zero-order valence-electron chi connectivity index (χ0n) is 17.7. The maximum absolute atomic E-state index is 13.3. The summed E-state index contributed by atoms with van der Waals surface area (Å²) < 4.78 is 20.1. The van der Waals surface area contributed by atoms with Crippen molar-refractivity contribution in [3.63, 3.8) is 0 Å². The van der Waals surface area contributed by atoms with Crippen molar-refractivity contribution in [3.8, 4) is 28.3 Å². The minimum absolute atomic E-state index is 0.296. The Labute approximate surface area is 189 Å². The first kappa shape index (κ1) is 20.4. The number of benzene rings is 3. The monoisotopic (exact) mass is 438 g/mol. The number of ether oxygens (including phenoxy) is 1. The quantitative estimate of drug-likeness (QED) is 0.395. The summed E-state index contributed by atoms with van der Waals surface area (Å²) in [6, 6.07) is 26.3. The Hall–Kier alpha value is -4.52. The first-order valence-corrected chi connectivity index (χ1v) is 10.3. The summed E-state index contributed by atoms with van der Waals surface area (Å²) >= 11 is 0. The van der Waals surface area contributed by atoms with Crippen molar-refractivity contribution in [3.05, 3.63) is 103 Å². The van der Waals surface area contributed by atoms with Crippen LogP contribution in [0.5, 0.6) is 5.75 Å². The molecule has 0 saturated carbocycles. The van der Waals surface area contributed by atoms with Crippen LogP contribution >= 0.6 is 0 Å². The summed E-state index contributed by atoms with van der Waals surface area (Å²) in [5.74, 6) is -0.0787. The molecule has 0 radical (unpaired) electrons. The van der Waals surface area contributed by atoms with Crippen molar-refractivity contribution < 1.29 is 13.9 Å². The summed E-state index contributed by atoms with van der Waals surface area (Å²) in [6.45, 7) is 0. The van der Waals surface area contributed by atoms with Gasteiger partial charge in [0.15, 0.2) is 5.65 Å². The average Bonchev–Trinajstić information content (AvgIpc) is 3.30. The lowest BCUT2D eigenvalue weighted by Gasteiger charge is -2.10. The molecule has 1 N–H and O–H groups in total. The van der Waals surface area contributed by atoms with Crippen molar-refractivity contribution in [2.45, 2.75) is 0 Å². The van der Waals surface area contributed by atoms with Gasteiger partial charge in [-0.3, -0.25) is 4.79 Å². The standard InChI is InChI=1S/C26H19FN4O2/c1-33-21-9-5-8-18(14-21)22-15-24(26(32)28-20-12-10-19(27)11-13-20)31-25(29-22)16-23(30-31)17-6-3-2-4-7-17/h2-16H,1H3,(H,28,32). The van der Waals surface area contributed by atoms with Gasteiger partial charge in [0.25, 0.3) is 5.91 Å². The van der Waals surface area contributed by atoms with E-state index in [-0.39, 0.29) is 11.7 Å². The highest BCUT2D eigenvalue weighted by atomic mass is 19.1. The van der Waals surface area contributed by atoms with E-state index in [4.69, 9.17) is 9.72 Å². The number of halogens is 1. The van der Waals surface area contributed by atoms with Crippen LogP contribution in [0.25, 0.3) is 28.2 Å². The lowest BCUT2D eigenvalue weighted by molar-refractivity contribution is 0.102. The number of aromatic nitrogens is 3. The van der Waals surface area contributed by atoms with Crippen LogP contribution in [-0.4, -0.2) is 27.6 Å². The molecule has 0 fully saturated rings. The molecule has 0 spiro atoms.